The number of nitrogens with zero attached hydrogens (tertiary/aromatic N) is 1. The third-order valence-corrected chi connectivity index (χ3v) is 5.87. The molecule has 0 fully saturated rings. The van der Waals surface area contributed by atoms with Gasteiger partial charge in [-0.3, -0.25) is 14.9 Å². The number of fused-ring (bicyclic) bond motifs is 1. The molecular weight excluding hydrogens is 534 g/mol. The highest BCUT2D eigenvalue weighted by molar-refractivity contribution is 6.10. The van der Waals surface area contributed by atoms with E-state index in [1.165, 1.54) is 36.6 Å². The van der Waals surface area contributed by atoms with Crippen LogP contribution in [-0.4, -0.2) is 53.9 Å². The second-order valence-electron chi connectivity index (χ2n) is 8.58. The second-order valence-corrected chi connectivity index (χ2v) is 8.58. The van der Waals surface area contributed by atoms with Gasteiger partial charge in [0.05, 0.1) is 23.6 Å². The van der Waals surface area contributed by atoms with Crippen LogP contribution in [0.3, 0.4) is 0 Å². The molecule has 1 aromatic rings. The Bertz CT molecular complexity index is 1280. The van der Waals surface area contributed by atoms with Gasteiger partial charge in [-0.05, 0) is 42.6 Å². The molecule has 3 aliphatic heterocycles. The zero-order chi connectivity index (χ0) is 28.4. The summed E-state index contributed by atoms with van der Waals surface area (Å²) in [5, 5.41) is 22.5. The third-order valence-electron chi connectivity index (χ3n) is 5.87. The number of carbonyl (C=O) groups excluding carboxylic acids is 1. The van der Waals surface area contributed by atoms with E-state index >= 15 is 0 Å². The Labute approximate surface area is 217 Å². The van der Waals surface area contributed by atoms with Crippen molar-refractivity contribution in [3.05, 3.63) is 77.2 Å². The molecule has 3 aliphatic rings. The van der Waals surface area contributed by atoms with Gasteiger partial charge < -0.3 is 26.4 Å². The number of hydrogen-bond donors (Lipinski definition) is 6. The zero-order valence-corrected chi connectivity index (χ0v) is 19.8. The number of carbonyl (C=O) groups is 2. The van der Waals surface area contributed by atoms with Gasteiger partial charge in [0.25, 0.3) is 5.91 Å². The minimum Gasteiger partial charge on any atom is -0.481 e. The van der Waals surface area contributed by atoms with Gasteiger partial charge in [0.15, 0.2) is 6.17 Å². The van der Waals surface area contributed by atoms with Crippen LogP contribution in [0.1, 0.15) is 12.0 Å². The first kappa shape index (κ1) is 27.8. The first-order valence-corrected chi connectivity index (χ1v) is 11.5. The monoisotopic (exact) mass is 556 g/mol. The Morgan fingerprint density at radius 3 is 2.36 bits per heavy atom. The van der Waals surface area contributed by atoms with Gasteiger partial charge in [-0.25, -0.2) is 4.99 Å². The van der Waals surface area contributed by atoms with E-state index < -0.39 is 53.7 Å². The molecule has 1 aromatic carbocycles. The molecular formula is C24H22F6N6O3. The van der Waals surface area contributed by atoms with E-state index in [2.05, 4.69) is 31.6 Å². The Balaban J connectivity index is 1.62. The SMILES string of the molecule is O=C(O)CCNC(=O)C1N=C(Nc2ccc(C(F)(F)F)cc2)C2=CC=C(C3NC=CC=C3C(F)(F)F)NC2N1. The number of aliphatic imine (C=N–C) groups is 1. The van der Waals surface area contributed by atoms with Crippen LogP contribution in [0, 0.1) is 0 Å². The summed E-state index contributed by atoms with van der Waals surface area (Å²) in [6, 6.07) is 2.78. The van der Waals surface area contributed by atoms with E-state index in [1.807, 2.05) is 0 Å². The summed E-state index contributed by atoms with van der Waals surface area (Å²) < 4.78 is 79.6. The Hall–Kier alpha value is -4.27. The fraction of sp³-hybridized carbons (Fsp3) is 0.292. The lowest BCUT2D eigenvalue weighted by molar-refractivity contribution is -0.138. The first-order chi connectivity index (χ1) is 18.3. The summed E-state index contributed by atoms with van der Waals surface area (Å²) in [5.41, 5.74) is -1.01. The molecule has 0 saturated heterocycles. The average molecular weight is 556 g/mol. The molecule has 0 aromatic heterocycles. The summed E-state index contributed by atoms with van der Waals surface area (Å²) >= 11 is 0. The Morgan fingerprint density at radius 1 is 1.00 bits per heavy atom. The molecule has 3 unspecified atom stereocenters. The third kappa shape index (κ3) is 6.60. The largest absolute Gasteiger partial charge is 0.481 e. The van der Waals surface area contributed by atoms with Gasteiger partial charge in [-0.1, -0.05) is 12.2 Å². The molecule has 1 amide bonds. The van der Waals surface area contributed by atoms with Gasteiger partial charge in [0.1, 0.15) is 12.0 Å². The van der Waals surface area contributed by atoms with Crippen molar-refractivity contribution in [2.24, 2.45) is 4.99 Å². The number of anilines is 1. The number of halogens is 6. The van der Waals surface area contributed by atoms with Crippen molar-refractivity contribution in [1.82, 2.24) is 21.3 Å². The number of allylic oxidation sites excluding steroid dienone is 4. The number of alkyl halides is 6. The van der Waals surface area contributed by atoms with Crippen LogP contribution in [0.2, 0.25) is 0 Å². The van der Waals surface area contributed by atoms with Crippen LogP contribution in [0.25, 0.3) is 0 Å². The summed E-state index contributed by atoms with van der Waals surface area (Å²) in [5.74, 6) is -1.78. The van der Waals surface area contributed by atoms with Crippen molar-refractivity contribution in [2.75, 3.05) is 11.9 Å². The molecule has 39 heavy (non-hydrogen) atoms. The number of benzene rings is 1. The van der Waals surface area contributed by atoms with E-state index in [9.17, 15) is 35.9 Å². The van der Waals surface area contributed by atoms with Crippen LogP contribution >= 0.6 is 0 Å². The summed E-state index contributed by atoms with van der Waals surface area (Å²) in [7, 11) is 0. The fourth-order valence-corrected chi connectivity index (χ4v) is 4.01. The molecule has 6 N–H and O–H groups in total. The zero-order valence-electron chi connectivity index (χ0n) is 19.8. The highest BCUT2D eigenvalue weighted by Crippen LogP contribution is 2.33. The summed E-state index contributed by atoms with van der Waals surface area (Å²) in [6.07, 6.45) is -5.37. The number of amidine groups is 1. The average Bonchev–Trinajstić information content (AvgIpc) is 2.87. The summed E-state index contributed by atoms with van der Waals surface area (Å²) in [4.78, 5) is 27.8. The molecule has 0 spiro atoms. The van der Waals surface area contributed by atoms with Gasteiger partial charge in [-0.15, -0.1) is 0 Å². The van der Waals surface area contributed by atoms with Crippen molar-refractivity contribution in [2.45, 2.75) is 37.1 Å². The highest BCUT2D eigenvalue weighted by Gasteiger charge is 2.42. The Kier molecular flexibility index (Phi) is 7.72. The van der Waals surface area contributed by atoms with Crippen molar-refractivity contribution < 1.29 is 41.0 Å². The van der Waals surface area contributed by atoms with Crippen molar-refractivity contribution in [1.29, 1.82) is 0 Å². The lowest BCUT2D eigenvalue weighted by Crippen LogP contribution is -2.60. The van der Waals surface area contributed by atoms with Crippen LogP contribution < -0.4 is 26.6 Å². The number of aliphatic carboxylic acids is 1. The van der Waals surface area contributed by atoms with E-state index in [0.29, 0.717) is 5.57 Å². The normalized spacial score (nSPS) is 22.7. The highest BCUT2D eigenvalue weighted by atomic mass is 19.4. The van der Waals surface area contributed by atoms with E-state index in [4.69, 9.17) is 5.11 Å². The van der Waals surface area contributed by atoms with Crippen molar-refractivity contribution >= 4 is 23.4 Å². The topological polar surface area (TPSA) is 127 Å². The molecule has 208 valence electrons. The van der Waals surface area contributed by atoms with E-state index in [-0.39, 0.29) is 30.2 Å². The van der Waals surface area contributed by atoms with Crippen LogP contribution in [-0.2, 0) is 15.8 Å². The molecule has 0 radical (unpaired) electrons. The number of hydrogen-bond acceptors (Lipinski definition) is 7. The number of rotatable bonds is 6. The molecule has 15 heteroatoms. The molecule has 4 rings (SSSR count). The maximum atomic E-state index is 13.6. The molecule has 9 nitrogen and oxygen atoms in total. The minimum atomic E-state index is -4.63. The quantitative estimate of drug-likeness (QED) is 0.298. The maximum Gasteiger partial charge on any atom is 0.416 e. The van der Waals surface area contributed by atoms with Crippen LogP contribution in [0.4, 0.5) is 32.0 Å². The number of amides is 1. The lowest BCUT2D eigenvalue weighted by Gasteiger charge is -2.38. The number of nitrogens with one attached hydrogen (secondary N) is 5. The Morgan fingerprint density at radius 2 is 1.72 bits per heavy atom. The second kappa shape index (κ2) is 10.8. The lowest BCUT2D eigenvalue weighted by atomic mass is 9.96. The van der Waals surface area contributed by atoms with Gasteiger partial charge in [-0.2, -0.15) is 26.3 Å². The van der Waals surface area contributed by atoms with Crippen LogP contribution in [0.15, 0.2) is 76.6 Å². The standard InChI is InChI=1S/C24H22F6N6O3/c25-23(26,27)12-3-5-13(6-4-12)33-19-14-7-8-16(18-15(24(28,29)30)2-1-10-31-18)34-20(14)36-21(35-19)22(39)32-11-9-17(37)38/h1-8,10,18,20-21,31,34,36H,9,11H2,(H,32,39)(H,33,35)(H,37,38). The predicted molar refractivity (Wildman–Crippen MR) is 128 cm³/mol. The molecule has 0 aliphatic carbocycles. The molecule has 3 atom stereocenters. The predicted octanol–water partition coefficient (Wildman–Crippen LogP) is 2.75. The first-order valence-electron chi connectivity index (χ1n) is 11.5. The number of dihydropyridines is 2. The fourth-order valence-electron chi connectivity index (χ4n) is 4.01. The number of carboxylic acid groups (broad SMARTS) is 1. The minimum absolute atomic E-state index is 0.0720. The van der Waals surface area contributed by atoms with Crippen molar-refractivity contribution in [3.8, 4) is 0 Å². The van der Waals surface area contributed by atoms with Gasteiger partial charge >= 0.3 is 18.3 Å². The molecule has 3 heterocycles. The number of carboxylic acids is 1. The van der Waals surface area contributed by atoms with Gasteiger partial charge in [0.2, 0.25) is 0 Å². The van der Waals surface area contributed by atoms with E-state index in [1.54, 1.807) is 0 Å². The summed E-state index contributed by atoms with van der Waals surface area (Å²) in [6.45, 7) is -0.201. The van der Waals surface area contributed by atoms with E-state index in [0.717, 1.165) is 18.2 Å². The smallest absolute Gasteiger partial charge is 0.416 e. The van der Waals surface area contributed by atoms with Crippen LogP contribution in [0.5, 0.6) is 0 Å². The molecule has 0 bridgehead atoms. The maximum absolute atomic E-state index is 13.6. The van der Waals surface area contributed by atoms with Crippen molar-refractivity contribution in [3.63, 3.8) is 0 Å². The molecule has 0 saturated carbocycles. The van der Waals surface area contributed by atoms with Gasteiger partial charge in [0, 0.05) is 23.5 Å².